The highest BCUT2D eigenvalue weighted by atomic mass is 35.5. The van der Waals surface area contributed by atoms with Gasteiger partial charge in [0.15, 0.2) is 17.3 Å². The predicted molar refractivity (Wildman–Crippen MR) is 99.8 cm³/mol. The van der Waals surface area contributed by atoms with E-state index in [-0.39, 0.29) is 25.1 Å². The second-order valence-electron chi connectivity index (χ2n) is 5.90. The molecule has 1 amide bonds. The van der Waals surface area contributed by atoms with Crippen molar-refractivity contribution in [1.82, 2.24) is 0 Å². The van der Waals surface area contributed by atoms with E-state index in [4.69, 9.17) is 30.2 Å². The minimum Gasteiger partial charge on any atom is -0.459 e. The molecule has 3 aromatic rings. The van der Waals surface area contributed by atoms with E-state index in [1.807, 2.05) is 0 Å². The minimum absolute atomic E-state index is 0.0339. The van der Waals surface area contributed by atoms with E-state index in [2.05, 4.69) is 5.32 Å². The van der Waals surface area contributed by atoms with Crippen LogP contribution in [0.15, 0.2) is 59.2 Å². The van der Waals surface area contributed by atoms with Crippen LogP contribution in [-0.2, 0) is 11.3 Å². The number of ether oxygens (including phenoxy) is 3. The molecule has 1 aliphatic rings. The molecule has 0 fully saturated rings. The van der Waals surface area contributed by atoms with Gasteiger partial charge in [0.25, 0.3) is 5.91 Å². The van der Waals surface area contributed by atoms with Crippen molar-refractivity contribution in [2.75, 3.05) is 12.1 Å². The summed E-state index contributed by atoms with van der Waals surface area (Å²) < 4.78 is 20.9. The van der Waals surface area contributed by atoms with Gasteiger partial charge in [0.05, 0.1) is 16.8 Å². The summed E-state index contributed by atoms with van der Waals surface area (Å²) in [4.78, 5) is 24.2. The average molecular weight is 400 g/mol. The Bertz CT molecular complexity index is 1010. The van der Waals surface area contributed by atoms with Crippen molar-refractivity contribution in [2.24, 2.45) is 0 Å². The highest BCUT2D eigenvalue weighted by molar-refractivity contribution is 6.32. The third kappa shape index (κ3) is 3.79. The van der Waals surface area contributed by atoms with E-state index in [1.165, 1.54) is 6.26 Å². The number of anilines is 1. The molecule has 2 heterocycles. The third-order valence-corrected chi connectivity index (χ3v) is 4.26. The Labute approximate surface area is 164 Å². The Morgan fingerprint density at radius 3 is 2.68 bits per heavy atom. The van der Waals surface area contributed by atoms with Gasteiger partial charge in [0.1, 0.15) is 6.61 Å². The summed E-state index contributed by atoms with van der Waals surface area (Å²) in [5.41, 5.74) is 1.56. The number of carbonyl (C=O) groups excluding carboxylic acids is 2. The topological polar surface area (TPSA) is 87.0 Å². The molecule has 0 spiro atoms. The fourth-order valence-corrected chi connectivity index (χ4v) is 2.91. The molecule has 0 radical (unpaired) electrons. The quantitative estimate of drug-likeness (QED) is 0.645. The van der Waals surface area contributed by atoms with Crippen LogP contribution in [0.25, 0.3) is 0 Å². The first-order valence-corrected chi connectivity index (χ1v) is 8.68. The summed E-state index contributed by atoms with van der Waals surface area (Å²) in [7, 11) is 0. The molecular formula is C20H14ClNO6. The van der Waals surface area contributed by atoms with E-state index in [1.54, 1.807) is 48.5 Å². The number of amides is 1. The maximum atomic E-state index is 12.2. The molecule has 28 heavy (non-hydrogen) atoms. The Kier molecular flexibility index (Phi) is 4.90. The van der Waals surface area contributed by atoms with Crippen molar-refractivity contribution in [2.45, 2.75) is 6.61 Å². The van der Waals surface area contributed by atoms with E-state index >= 15 is 0 Å². The Hall–Kier alpha value is -3.45. The normalized spacial score (nSPS) is 11.9. The number of esters is 1. The van der Waals surface area contributed by atoms with Gasteiger partial charge in [0.2, 0.25) is 6.79 Å². The SMILES string of the molecule is O=C(OCc1cc(Cl)c2c(c1)OCO2)c1ccc(NC(=O)c2ccco2)cc1. The van der Waals surface area contributed by atoms with Crippen LogP contribution in [0.5, 0.6) is 11.5 Å². The summed E-state index contributed by atoms with van der Waals surface area (Å²) in [5, 5.41) is 3.07. The van der Waals surface area contributed by atoms with Gasteiger partial charge in [-0.05, 0) is 54.1 Å². The summed E-state index contributed by atoms with van der Waals surface area (Å²) in [6, 6.07) is 12.9. The summed E-state index contributed by atoms with van der Waals surface area (Å²) in [5.74, 6) is 0.336. The smallest absolute Gasteiger partial charge is 0.338 e. The Balaban J connectivity index is 1.36. The first-order valence-electron chi connectivity index (χ1n) is 8.30. The molecule has 1 aliphatic heterocycles. The molecule has 0 bridgehead atoms. The van der Waals surface area contributed by atoms with Crippen LogP contribution in [0.1, 0.15) is 26.5 Å². The zero-order chi connectivity index (χ0) is 19.5. The van der Waals surface area contributed by atoms with Crippen LogP contribution < -0.4 is 14.8 Å². The number of nitrogens with one attached hydrogen (secondary N) is 1. The molecule has 0 aliphatic carbocycles. The number of halogens is 1. The van der Waals surface area contributed by atoms with Crippen molar-refractivity contribution in [3.63, 3.8) is 0 Å². The van der Waals surface area contributed by atoms with Gasteiger partial charge in [-0.25, -0.2) is 4.79 Å². The fourth-order valence-electron chi connectivity index (χ4n) is 2.63. The van der Waals surface area contributed by atoms with Crippen LogP contribution >= 0.6 is 11.6 Å². The number of fused-ring (bicyclic) bond motifs is 1. The highest BCUT2D eigenvalue weighted by Crippen LogP contribution is 2.39. The van der Waals surface area contributed by atoms with Gasteiger partial charge in [-0.3, -0.25) is 4.79 Å². The number of furan rings is 1. The molecule has 142 valence electrons. The van der Waals surface area contributed by atoms with E-state index in [0.717, 1.165) is 0 Å². The first kappa shape index (κ1) is 17.9. The lowest BCUT2D eigenvalue weighted by Crippen LogP contribution is -2.11. The molecule has 7 nitrogen and oxygen atoms in total. The zero-order valence-corrected chi connectivity index (χ0v) is 15.2. The van der Waals surface area contributed by atoms with Crippen LogP contribution in [-0.4, -0.2) is 18.7 Å². The van der Waals surface area contributed by atoms with Gasteiger partial charge in [-0.2, -0.15) is 0 Å². The van der Waals surface area contributed by atoms with E-state index < -0.39 is 5.97 Å². The van der Waals surface area contributed by atoms with Crippen LogP contribution in [0, 0.1) is 0 Å². The second kappa shape index (κ2) is 7.66. The molecule has 1 aromatic heterocycles. The predicted octanol–water partition coefficient (Wildman–Crippen LogP) is 4.27. The zero-order valence-electron chi connectivity index (χ0n) is 14.4. The number of rotatable bonds is 5. The third-order valence-electron chi connectivity index (χ3n) is 3.98. The van der Waals surface area contributed by atoms with E-state index in [0.29, 0.717) is 33.3 Å². The lowest BCUT2D eigenvalue weighted by Gasteiger charge is -2.08. The van der Waals surface area contributed by atoms with Crippen molar-refractivity contribution in [3.8, 4) is 11.5 Å². The Morgan fingerprint density at radius 1 is 1.11 bits per heavy atom. The van der Waals surface area contributed by atoms with Crippen LogP contribution in [0.4, 0.5) is 5.69 Å². The molecular weight excluding hydrogens is 386 g/mol. The lowest BCUT2D eigenvalue weighted by molar-refractivity contribution is 0.0472. The van der Waals surface area contributed by atoms with Crippen molar-refractivity contribution in [1.29, 1.82) is 0 Å². The van der Waals surface area contributed by atoms with Gasteiger partial charge in [-0.15, -0.1) is 0 Å². The van der Waals surface area contributed by atoms with Gasteiger partial charge in [-0.1, -0.05) is 11.6 Å². The highest BCUT2D eigenvalue weighted by Gasteiger charge is 2.19. The van der Waals surface area contributed by atoms with E-state index in [9.17, 15) is 9.59 Å². The van der Waals surface area contributed by atoms with Crippen molar-refractivity contribution >= 4 is 29.2 Å². The monoisotopic (exact) mass is 399 g/mol. The number of carbonyl (C=O) groups is 2. The lowest BCUT2D eigenvalue weighted by atomic mass is 10.2. The van der Waals surface area contributed by atoms with Gasteiger partial charge < -0.3 is 23.9 Å². The summed E-state index contributed by atoms with van der Waals surface area (Å²) >= 11 is 6.12. The molecule has 1 N–H and O–H groups in total. The summed E-state index contributed by atoms with van der Waals surface area (Å²) in [6.45, 7) is 0.146. The number of hydrogen-bond donors (Lipinski definition) is 1. The molecule has 2 aromatic carbocycles. The van der Waals surface area contributed by atoms with Crippen molar-refractivity contribution < 1.29 is 28.2 Å². The molecule has 0 saturated carbocycles. The molecule has 0 saturated heterocycles. The molecule has 0 unspecified atom stereocenters. The first-order chi connectivity index (χ1) is 13.6. The number of hydrogen-bond acceptors (Lipinski definition) is 6. The molecule has 8 heteroatoms. The largest absolute Gasteiger partial charge is 0.459 e. The van der Waals surface area contributed by atoms with Gasteiger partial charge in [0, 0.05) is 5.69 Å². The molecule has 4 rings (SSSR count). The van der Waals surface area contributed by atoms with Crippen LogP contribution in [0.3, 0.4) is 0 Å². The van der Waals surface area contributed by atoms with Crippen molar-refractivity contribution in [3.05, 3.63) is 76.7 Å². The standard InChI is InChI=1S/C20H14ClNO6/c21-15-8-12(9-17-18(15)28-11-27-17)10-26-20(24)13-3-5-14(6-4-13)22-19(23)16-2-1-7-25-16/h1-9H,10-11H2,(H,22,23). The fraction of sp³-hybridized carbons (Fsp3) is 0.100. The van der Waals surface area contributed by atoms with Crippen LogP contribution in [0.2, 0.25) is 5.02 Å². The second-order valence-corrected chi connectivity index (χ2v) is 6.30. The Morgan fingerprint density at radius 2 is 1.93 bits per heavy atom. The van der Waals surface area contributed by atoms with Gasteiger partial charge >= 0.3 is 5.97 Å². The average Bonchev–Trinajstić information content (AvgIpc) is 3.39. The molecule has 0 atom stereocenters. The maximum Gasteiger partial charge on any atom is 0.338 e. The minimum atomic E-state index is -0.502. The number of benzene rings is 2. The maximum absolute atomic E-state index is 12.2. The summed E-state index contributed by atoms with van der Waals surface area (Å²) in [6.07, 6.45) is 1.42.